The van der Waals surface area contributed by atoms with Crippen molar-refractivity contribution in [2.75, 3.05) is 18.9 Å². The minimum absolute atomic E-state index is 0.0569. The van der Waals surface area contributed by atoms with Crippen LogP contribution in [0.15, 0.2) is 18.2 Å². The number of rotatable bonds is 1. The predicted molar refractivity (Wildman–Crippen MR) is 74.0 cm³/mol. The highest BCUT2D eigenvalue weighted by molar-refractivity contribution is 6.00. The molecule has 2 aliphatic rings. The Balaban J connectivity index is 1.88. The molecule has 1 aliphatic carbocycles. The lowest BCUT2D eigenvalue weighted by atomic mass is 10.0. The maximum atomic E-state index is 12.7. The largest absolute Gasteiger partial charge is 0.398 e. The molecule has 1 aromatic rings. The van der Waals surface area contributed by atoms with E-state index in [0.717, 1.165) is 24.8 Å². The zero-order valence-electron chi connectivity index (χ0n) is 11.3. The van der Waals surface area contributed by atoms with E-state index in [1.54, 1.807) is 0 Å². The Hall–Kier alpha value is -1.55. The van der Waals surface area contributed by atoms with Crippen molar-refractivity contribution < 1.29 is 9.53 Å². The van der Waals surface area contributed by atoms with Crippen LogP contribution in [-0.2, 0) is 4.74 Å². The summed E-state index contributed by atoms with van der Waals surface area (Å²) in [5, 5.41) is 0. The van der Waals surface area contributed by atoms with Crippen molar-refractivity contribution in [3.05, 3.63) is 29.3 Å². The van der Waals surface area contributed by atoms with Gasteiger partial charge >= 0.3 is 0 Å². The summed E-state index contributed by atoms with van der Waals surface area (Å²) in [4.78, 5) is 14.7. The summed E-state index contributed by atoms with van der Waals surface area (Å²) in [6, 6.07) is 5.89. The van der Waals surface area contributed by atoms with Crippen molar-refractivity contribution in [1.29, 1.82) is 0 Å². The number of benzene rings is 1. The van der Waals surface area contributed by atoms with Gasteiger partial charge in [0.15, 0.2) is 0 Å². The van der Waals surface area contributed by atoms with Crippen LogP contribution in [0, 0.1) is 6.92 Å². The minimum Gasteiger partial charge on any atom is -0.398 e. The van der Waals surface area contributed by atoms with Crippen LogP contribution >= 0.6 is 0 Å². The second-order valence-electron chi connectivity index (χ2n) is 5.44. The number of carbonyl (C=O) groups is 1. The molecule has 19 heavy (non-hydrogen) atoms. The molecule has 1 heterocycles. The fourth-order valence-electron chi connectivity index (χ4n) is 3.20. The number of morpholine rings is 1. The number of nitrogens with two attached hydrogens (primary N) is 1. The summed E-state index contributed by atoms with van der Waals surface area (Å²) in [6.45, 7) is 3.25. The highest BCUT2D eigenvalue weighted by Crippen LogP contribution is 2.31. The quantitative estimate of drug-likeness (QED) is 0.785. The van der Waals surface area contributed by atoms with E-state index in [2.05, 4.69) is 0 Å². The Kier molecular flexibility index (Phi) is 3.19. The second kappa shape index (κ2) is 4.85. The first-order valence-electron chi connectivity index (χ1n) is 6.96. The first-order valence-corrected chi connectivity index (χ1v) is 6.96. The molecule has 1 aromatic carbocycles. The topological polar surface area (TPSA) is 55.6 Å². The predicted octanol–water partition coefficient (Wildman–Crippen LogP) is 1.97. The van der Waals surface area contributed by atoms with Gasteiger partial charge in [0, 0.05) is 12.2 Å². The van der Waals surface area contributed by atoms with E-state index in [1.165, 1.54) is 0 Å². The van der Waals surface area contributed by atoms with Crippen LogP contribution in [0.5, 0.6) is 0 Å². The summed E-state index contributed by atoms with van der Waals surface area (Å²) in [5.41, 5.74) is 8.25. The summed E-state index contributed by atoms with van der Waals surface area (Å²) >= 11 is 0. The number of amides is 1. The molecule has 102 valence electrons. The van der Waals surface area contributed by atoms with Crippen molar-refractivity contribution in [3.8, 4) is 0 Å². The molecule has 2 fully saturated rings. The maximum Gasteiger partial charge on any atom is 0.256 e. The van der Waals surface area contributed by atoms with Crippen molar-refractivity contribution in [2.24, 2.45) is 0 Å². The van der Waals surface area contributed by atoms with Crippen LogP contribution in [0.4, 0.5) is 5.69 Å². The van der Waals surface area contributed by atoms with Crippen molar-refractivity contribution in [2.45, 2.75) is 38.3 Å². The zero-order valence-corrected chi connectivity index (χ0v) is 11.3. The number of aryl methyl sites for hydroxylation is 1. The molecule has 0 radical (unpaired) electrons. The van der Waals surface area contributed by atoms with Gasteiger partial charge in [0.1, 0.15) is 0 Å². The van der Waals surface area contributed by atoms with Crippen molar-refractivity contribution in [1.82, 2.24) is 4.90 Å². The molecule has 4 heteroatoms. The highest BCUT2D eigenvalue weighted by Gasteiger charge is 2.38. The van der Waals surface area contributed by atoms with Gasteiger partial charge in [0.25, 0.3) is 5.91 Å². The third-order valence-electron chi connectivity index (χ3n) is 4.30. The van der Waals surface area contributed by atoms with E-state index in [4.69, 9.17) is 10.5 Å². The van der Waals surface area contributed by atoms with Crippen LogP contribution in [0.1, 0.15) is 35.2 Å². The number of fused-ring (bicyclic) bond motifs is 1. The third kappa shape index (κ3) is 2.10. The van der Waals surface area contributed by atoms with Crippen molar-refractivity contribution >= 4 is 11.6 Å². The number of carbonyl (C=O) groups excluding carboxylic acids is 1. The average molecular weight is 260 g/mol. The van der Waals surface area contributed by atoms with Gasteiger partial charge in [0.05, 0.1) is 24.3 Å². The van der Waals surface area contributed by atoms with E-state index in [9.17, 15) is 4.79 Å². The van der Waals surface area contributed by atoms with Gasteiger partial charge in [-0.2, -0.15) is 0 Å². The first kappa shape index (κ1) is 12.5. The van der Waals surface area contributed by atoms with Gasteiger partial charge in [-0.25, -0.2) is 0 Å². The number of ether oxygens (including phenoxy) is 1. The molecule has 1 saturated heterocycles. The van der Waals surface area contributed by atoms with Crippen LogP contribution in [0.25, 0.3) is 0 Å². The Morgan fingerprint density at radius 2 is 2.26 bits per heavy atom. The molecule has 0 aromatic heterocycles. The molecule has 0 spiro atoms. The van der Waals surface area contributed by atoms with Gasteiger partial charge in [0.2, 0.25) is 0 Å². The van der Waals surface area contributed by atoms with Crippen LogP contribution in [0.3, 0.4) is 0 Å². The Labute approximate surface area is 113 Å². The fraction of sp³-hybridized carbons (Fsp3) is 0.533. The minimum atomic E-state index is 0.0569. The number of para-hydroxylation sites is 1. The standard InChI is InChI=1S/C15H20N2O2/c1-10-4-2-5-11(14(10)16)15(18)17-8-9-19-13-7-3-6-12(13)17/h2,4-5,12-13H,3,6-9,16H2,1H3. The SMILES string of the molecule is Cc1cccc(C(=O)N2CCOC3CCCC32)c1N. The summed E-state index contributed by atoms with van der Waals surface area (Å²) in [6.07, 6.45) is 3.48. The zero-order chi connectivity index (χ0) is 13.4. The summed E-state index contributed by atoms with van der Waals surface area (Å²) in [5.74, 6) is 0.0569. The molecule has 4 nitrogen and oxygen atoms in total. The van der Waals surface area contributed by atoms with E-state index < -0.39 is 0 Å². The van der Waals surface area contributed by atoms with Crippen LogP contribution < -0.4 is 5.73 Å². The van der Waals surface area contributed by atoms with Gasteiger partial charge < -0.3 is 15.4 Å². The molecular formula is C15H20N2O2. The number of nitrogens with zero attached hydrogens (tertiary/aromatic N) is 1. The molecule has 2 N–H and O–H groups in total. The monoisotopic (exact) mass is 260 g/mol. The van der Waals surface area contributed by atoms with Gasteiger partial charge in [-0.05, 0) is 37.8 Å². The molecule has 2 atom stereocenters. The molecule has 2 unspecified atom stereocenters. The normalized spacial score (nSPS) is 26.3. The van der Waals surface area contributed by atoms with E-state index in [1.807, 2.05) is 30.0 Å². The van der Waals surface area contributed by atoms with Gasteiger partial charge in [-0.3, -0.25) is 4.79 Å². The average Bonchev–Trinajstić information content (AvgIpc) is 2.89. The number of nitrogen functional groups attached to an aromatic ring is 1. The lowest BCUT2D eigenvalue weighted by Crippen LogP contribution is -2.51. The summed E-state index contributed by atoms with van der Waals surface area (Å²) in [7, 11) is 0. The van der Waals surface area contributed by atoms with Crippen LogP contribution in [0.2, 0.25) is 0 Å². The van der Waals surface area contributed by atoms with E-state index in [0.29, 0.717) is 24.4 Å². The Morgan fingerprint density at radius 1 is 1.42 bits per heavy atom. The third-order valence-corrected chi connectivity index (χ3v) is 4.30. The maximum absolute atomic E-state index is 12.7. The second-order valence-corrected chi connectivity index (χ2v) is 5.44. The number of hydrogen-bond donors (Lipinski definition) is 1. The van der Waals surface area contributed by atoms with Gasteiger partial charge in [-0.15, -0.1) is 0 Å². The Morgan fingerprint density at radius 3 is 3.11 bits per heavy atom. The number of hydrogen-bond acceptors (Lipinski definition) is 3. The first-order chi connectivity index (χ1) is 9.18. The fourth-order valence-corrected chi connectivity index (χ4v) is 3.20. The molecule has 1 saturated carbocycles. The Bertz CT molecular complexity index is 501. The molecule has 0 bridgehead atoms. The van der Waals surface area contributed by atoms with Gasteiger partial charge in [-0.1, -0.05) is 12.1 Å². The smallest absolute Gasteiger partial charge is 0.256 e. The lowest BCUT2D eigenvalue weighted by molar-refractivity contribution is -0.0445. The van der Waals surface area contributed by atoms with Crippen LogP contribution in [-0.4, -0.2) is 36.1 Å². The van der Waals surface area contributed by atoms with E-state index in [-0.39, 0.29) is 18.1 Å². The van der Waals surface area contributed by atoms with E-state index >= 15 is 0 Å². The molecule has 1 amide bonds. The molecule has 1 aliphatic heterocycles. The number of anilines is 1. The van der Waals surface area contributed by atoms with Crippen molar-refractivity contribution in [3.63, 3.8) is 0 Å². The molecule has 3 rings (SSSR count). The highest BCUT2D eigenvalue weighted by atomic mass is 16.5. The summed E-state index contributed by atoms with van der Waals surface area (Å²) < 4.78 is 5.75. The molecular weight excluding hydrogens is 240 g/mol. The lowest BCUT2D eigenvalue weighted by Gasteiger charge is -2.38.